The predicted molar refractivity (Wildman–Crippen MR) is 100 cm³/mol. The lowest BCUT2D eigenvalue weighted by Gasteiger charge is -2.10. The van der Waals surface area contributed by atoms with Crippen molar-refractivity contribution in [1.82, 2.24) is 0 Å². The predicted octanol–water partition coefficient (Wildman–Crippen LogP) is 4.77. The second-order valence-electron chi connectivity index (χ2n) is 5.10. The number of amides is 1. The summed E-state index contributed by atoms with van der Waals surface area (Å²) >= 11 is 11.9. The number of ether oxygens (including phenoxy) is 1. The van der Waals surface area contributed by atoms with Gasteiger partial charge in [0.05, 0.1) is 23.5 Å². The molecule has 2 aromatic rings. The third kappa shape index (κ3) is 4.90. The molecule has 0 spiro atoms. The molecule has 25 heavy (non-hydrogen) atoms. The molecule has 0 unspecified atom stereocenters. The molecule has 2 rings (SSSR count). The number of nitrogens with zero attached hydrogens (tertiary/aromatic N) is 1. The average molecular weight is 376 g/mol. The first-order chi connectivity index (χ1) is 11.9. The molecule has 0 aliphatic heterocycles. The maximum absolute atomic E-state index is 12.3. The summed E-state index contributed by atoms with van der Waals surface area (Å²) in [5.41, 5.74) is 1.85. The van der Waals surface area contributed by atoms with Gasteiger partial charge in [0.1, 0.15) is 17.4 Å². The molecule has 0 radical (unpaired) electrons. The number of nitriles is 1. The van der Waals surface area contributed by atoms with Crippen molar-refractivity contribution in [3.63, 3.8) is 0 Å². The highest BCUT2D eigenvalue weighted by atomic mass is 35.5. The van der Waals surface area contributed by atoms with E-state index >= 15 is 0 Å². The number of carbonyl (C=O) groups is 1. The quantitative estimate of drug-likeness (QED) is 0.582. The first kappa shape index (κ1) is 18.7. The van der Waals surface area contributed by atoms with Gasteiger partial charge in [0.15, 0.2) is 0 Å². The summed E-state index contributed by atoms with van der Waals surface area (Å²) in [6.45, 7) is 1.92. The van der Waals surface area contributed by atoms with Crippen LogP contribution < -0.4 is 15.4 Å². The summed E-state index contributed by atoms with van der Waals surface area (Å²) in [4.78, 5) is 12.3. The molecular formula is C18H15Cl2N3O2. The van der Waals surface area contributed by atoms with E-state index in [0.717, 1.165) is 5.56 Å². The molecule has 0 bridgehead atoms. The average Bonchev–Trinajstić information content (AvgIpc) is 2.59. The molecule has 0 atom stereocenters. The Hall–Kier alpha value is -2.68. The largest absolute Gasteiger partial charge is 0.495 e. The smallest absolute Gasteiger partial charge is 0.267 e. The highest BCUT2D eigenvalue weighted by Gasteiger charge is 2.12. The summed E-state index contributed by atoms with van der Waals surface area (Å²) in [5.74, 6) is -0.0109. The van der Waals surface area contributed by atoms with Gasteiger partial charge in [0.2, 0.25) is 0 Å². The van der Waals surface area contributed by atoms with Crippen LogP contribution in [0, 0.1) is 18.3 Å². The van der Waals surface area contributed by atoms with Crippen LogP contribution in [0.25, 0.3) is 0 Å². The Labute approximate surface area is 155 Å². The third-order valence-electron chi connectivity index (χ3n) is 3.27. The van der Waals surface area contributed by atoms with Crippen molar-refractivity contribution in [2.45, 2.75) is 6.92 Å². The summed E-state index contributed by atoms with van der Waals surface area (Å²) < 4.78 is 5.24. The van der Waals surface area contributed by atoms with Gasteiger partial charge in [-0.2, -0.15) is 5.26 Å². The molecule has 0 saturated carbocycles. The second kappa shape index (κ2) is 8.43. The summed E-state index contributed by atoms with van der Waals surface area (Å²) in [5, 5.41) is 15.5. The molecule has 0 heterocycles. The van der Waals surface area contributed by atoms with E-state index in [1.165, 1.54) is 12.3 Å². The molecule has 0 aliphatic rings. The number of hydrogen-bond donors (Lipinski definition) is 2. The second-order valence-corrected chi connectivity index (χ2v) is 5.94. The Morgan fingerprint density at radius 1 is 1.20 bits per heavy atom. The number of halogens is 2. The van der Waals surface area contributed by atoms with Gasteiger partial charge in [0, 0.05) is 11.2 Å². The third-order valence-corrected chi connectivity index (χ3v) is 3.83. The normalized spacial score (nSPS) is 10.8. The van der Waals surface area contributed by atoms with E-state index in [9.17, 15) is 10.1 Å². The van der Waals surface area contributed by atoms with Crippen molar-refractivity contribution in [3.8, 4) is 11.8 Å². The highest BCUT2D eigenvalue weighted by Crippen LogP contribution is 2.27. The number of rotatable bonds is 5. The summed E-state index contributed by atoms with van der Waals surface area (Å²) in [6.07, 6.45) is 1.31. The molecule has 0 aromatic heterocycles. The number of carbonyl (C=O) groups excluding carboxylic acids is 1. The Kier molecular flexibility index (Phi) is 6.29. The van der Waals surface area contributed by atoms with E-state index in [2.05, 4.69) is 10.6 Å². The van der Waals surface area contributed by atoms with Crippen LogP contribution >= 0.6 is 23.2 Å². The van der Waals surface area contributed by atoms with Crippen LogP contribution in [0.15, 0.2) is 48.2 Å². The number of methoxy groups -OCH3 is 1. The van der Waals surface area contributed by atoms with Crippen LogP contribution in [-0.4, -0.2) is 13.0 Å². The van der Waals surface area contributed by atoms with Crippen molar-refractivity contribution < 1.29 is 9.53 Å². The first-order valence-electron chi connectivity index (χ1n) is 7.22. The van der Waals surface area contributed by atoms with Gasteiger partial charge in [-0.15, -0.1) is 0 Å². The minimum Gasteiger partial charge on any atom is -0.495 e. The fourth-order valence-electron chi connectivity index (χ4n) is 2.02. The van der Waals surface area contributed by atoms with E-state index in [1.54, 1.807) is 25.3 Å². The maximum Gasteiger partial charge on any atom is 0.267 e. The monoisotopic (exact) mass is 375 g/mol. The van der Waals surface area contributed by atoms with E-state index < -0.39 is 5.91 Å². The maximum atomic E-state index is 12.3. The van der Waals surface area contributed by atoms with Gasteiger partial charge in [-0.3, -0.25) is 4.79 Å². The van der Waals surface area contributed by atoms with E-state index in [1.807, 2.05) is 25.1 Å². The SMILES string of the molecule is COc1ccc(C)cc1N/C=C(/C#N)C(=O)Nc1cc(Cl)ccc1Cl. The zero-order chi connectivity index (χ0) is 18.4. The fraction of sp³-hybridized carbons (Fsp3) is 0.111. The standard InChI is InChI=1S/C18H15Cl2N3O2/c1-11-3-6-17(25-2)16(7-11)22-10-12(9-21)18(24)23-15-8-13(19)4-5-14(15)20/h3-8,10,22H,1-2H3,(H,23,24)/b12-10-. The number of nitrogens with one attached hydrogen (secondary N) is 2. The molecule has 7 heteroatoms. The van der Waals surface area contributed by atoms with Crippen LogP contribution in [0.5, 0.6) is 5.75 Å². The van der Waals surface area contributed by atoms with Crippen LogP contribution in [0.4, 0.5) is 11.4 Å². The zero-order valence-corrected chi connectivity index (χ0v) is 15.1. The molecule has 1 amide bonds. The van der Waals surface area contributed by atoms with Gasteiger partial charge in [0.25, 0.3) is 5.91 Å². The van der Waals surface area contributed by atoms with Crippen LogP contribution in [0.1, 0.15) is 5.56 Å². The van der Waals surface area contributed by atoms with Crippen LogP contribution in [0.3, 0.4) is 0 Å². The van der Waals surface area contributed by atoms with Gasteiger partial charge in [-0.1, -0.05) is 29.3 Å². The summed E-state index contributed by atoms with van der Waals surface area (Å²) in [7, 11) is 1.54. The van der Waals surface area contributed by atoms with Crippen LogP contribution in [0.2, 0.25) is 10.0 Å². The van der Waals surface area contributed by atoms with Crippen molar-refractivity contribution in [2.24, 2.45) is 0 Å². The van der Waals surface area contributed by atoms with E-state index in [0.29, 0.717) is 27.2 Å². The van der Waals surface area contributed by atoms with E-state index in [4.69, 9.17) is 27.9 Å². The van der Waals surface area contributed by atoms with Crippen molar-refractivity contribution in [2.75, 3.05) is 17.7 Å². The van der Waals surface area contributed by atoms with Gasteiger partial charge in [-0.05, 0) is 42.8 Å². The Bertz CT molecular complexity index is 873. The molecule has 0 fully saturated rings. The molecule has 2 N–H and O–H groups in total. The molecule has 128 valence electrons. The number of benzene rings is 2. The lowest BCUT2D eigenvalue weighted by molar-refractivity contribution is -0.112. The summed E-state index contributed by atoms with van der Waals surface area (Å²) in [6, 6.07) is 12.1. The van der Waals surface area contributed by atoms with Gasteiger partial charge < -0.3 is 15.4 Å². The number of aryl methyl sites for hydroxylation is 1. The van der Waals surface area contributed by atoms with Crippen molar-refractivity contribution >= 4 is 40.5 Å². The minimum atomic E-state index is -0.606. The van der Waals surface area contributed by atoms with Crippen molar-refractivity contribution in [1.29, 1.82) is 5.26 Å². The molecule has 0 aliphatic carbocycles. The first-order valence-corrected chi connectivity index (χ1v) is 7.98. The van der Waals surface area contributed by atoms with Crippen molar-refractivity contribution in [3.05, 3.63) is 63.8 Å². The topological polar surface area (TPSA) is 74.1 Å². The minimum absolute atomic E-state index is 0.125. The molecule has 2 aromatic carbocycles. The van der Waals surface area contributed by atoms with E-state index in [-0.39, 0.29) is 5.57 Å². The Morgan fingerprint density at radius 3 is 2.64 bits per heavy atom. The highest BCUT2D eigenvalue weighted by molar-refractivity contribution is 6.35. The van der Waals surface area contributed by atoms with Gasteiger partial charge >= 0.3 is 0 Å². The Morgan fingerprint density at radius 2 is 1.96 bits per heavy atom. The number of anilines is 2. The molecule has 0 saturated heterocycles. The number of hydrogen-bond acceptors (Lipinski definition) is 4. The fourth-order valence-corrected chi connectivity index (χ4v) is 2.35. The zero-order valence-electron chi connectivity index (χ0n) is 13.6. The molecule has 5 nitrogen and oxygen atoms in total. The lowest BCUT2D eigenvalue weighted by atomic mass is 10.2. The lowest BCUT2D eigenvalue weighted by Crippen LogP contribution is -2.15. The van der Waals surface area contributed by atoms with Crippen LogP contribution in [-0.2, 0) is 4.79 Å². The Balaban J connectivity index is 2.20. The molecular weight excluding hydrogens is 361 g/mol. The van der Waals surface area contributed by atoms with Gasteiger partial charge in [-0.25, -0.2) is 0 Å².